The molecule has 2 rings (SSSR count). The van der Waals surface area contributed by atoms with Crippen LogP contribution in [0, 0.1) is 10.1 Å². The van der Waals surface area contributed by atoms with E-state index in [1.54, 1.807) is 18.2 Å². The van der Waals surface area contributed by atoms with Crippen LogP contribution in [-0.2, 0) is 14.9 Å². The molecule has 220 valence electrons. The van der Waals surface area contributed by atoms with Crippen LogP contribution in [0.15, 0.2) is 40.4 Å². The molecule has 0 atom stereocenters. The van der Waals surface area contributed by atoms with E-state index < -0.39 is 20.6 Å². The fourth-order valence-corrected chi connectivity index (χ4v) is 5.39. The van der Waals surface area contributed by atoms with Gasteiger partial charge in [-0.3, -0.25) is 20.3 Å². The van der Waals surface area contributed by atoms with Gasteiger partial charge in [0.25, 0.3) is 5.09 Å². The van der Waals surface area contributed by atoms with E-state index in [9.17, 15) is 18.5 Å². The van der Waals surface area contributed by atoms with E-state index in [1.807, 2.05) is 44.7 Å². The highest BCUT2D eigenvalue weighted by atomic mass is 32.2. The van der Waals surface area contributed by atoms with Gasteiger partial charge in [0, 0.05) is 45.5 Å². The summed E-state index contributed by atoms with van der Waals surface area (Å²) in [7, 11) is -1.95. The Bertz CT molecular complexity index is 1120. The molecular formula is C26H44N6O6S. The zero-order valence-corrected chi connectivity index (χ0v) is 24.9. The molecule has 13 heteroatoms. The largest absolute Gasteiger partial charge is 0.493 e. The number of aliphatic imine (C=N–C) groups is 1. The van der Waals surface area contributed by atoms with Gasteiger partial charge in [0.05, 0.1) is 22.6 Å². The first-order valence-corrected chi connectivity index (χ1v) is 14.8. The molecule has 1 aliphatic heterocycles. The van der Waals surface area contributed by atoms with Crippen LogP contribution in [-0.4, -0.2) is 92.1 Å². The molecule has 0 saturated carbocycles. The number of hydrogen-bond acceptors (Lipinski definition) is 9. The fraction of sp³-hybridized carbons (Fsp3) is 0.654. The summed E-state index contributed by atoms with van der Waals surface area (Å²) in [6.45, 7) is 16.3. The van der Waals surface area contributed by atoms with E-state index in [2.05, 4.69) is 23.8 Å². The van der Waals surface area contributed by atoms with Crippen LogP contribution in [0.5, 0.6) is 5.75 Å². The topological polar surface area (TPSA) is 130 Å². The molecule has 0 amide bonds. The zero-order valence-electron chi connectivity index (χ0n) is 24.1. The van der Waals surface area contributed by atoms with E-state index >= 15 is 0 Å². The molecule has 1 heterocycles. The highest BCUT2D eigenvalue weighted by molar-refractivity contribution is 7.89. The molecule has 39 heavy (non-hydrogen) atoms. The lowest BCUT2D eigenvalue weighted by molar-refractivity contribution is -0.757. The van der Waals surface area contributed by atoms with Crippen LogP contribution in [0.4, 0.5) is 0 Å². The lowest BCUT2D eigenvalue weighted by Crippen LogP contribution is -2.49. The summed E-state index contributed by atoms with van der Waals surface area (Å²) < 4.78 is 34.7. The Morgan fingerprint density at radius 1 is 1.23 bits per heavy atom. The molecule has 0 bridgehead atoms. The molecule has 0 aromatic heterocycles. The summed E-state index contributed by atoms with van der Waals surface area (Å²) in [5.74, 6) is 1.03. The number of nitrogens with zero attached hydrogens (tertiary/aromatic N) is 5. The van der Waals surface area contributed by atoms with E-state index in [1.165, 1.54) is 4.31 Å². The van der Waals surface area contributed by atoms with Crippen molar-refractivity contribution in [2.24, 2.45) is 4.99 Å². The van der Waals surface area contributed by atoms with Crippen LogP contribution >= 0.6 is 0 Å². The molecule has 0 spiro atoms. The van der Waals surface area contributed by atoms with Crippen molar-refractivity contribution in [1.82, 2.24) is 19.6 Å². The van der Waals surface area contributed by atoms with E-state index in [4.69, 9.17) is 9.73 Å². The first kappa shape index (κ1) is 32.3. The van der Waals surface area contributed by atoms with Crippen molar-refractivity contribution in [2.45, 2.75) is 64.3 Å². The van der Waals surface area contributed by atoms with Crippen molar-refractivity contribution < 1.29 is 23.1 Å². The highest BCUT2D eigenvalue weighted by Gasteiger charge is 2.30. The Kier molecular flexibility index (Phi) is 12.0. The Hall–Kier alpha value is -2.90. The molecule has 1 saturated heterocycles. The Morgan fingerprint density at radius 3 is 2.46 bits per heavy atom. The summed E-state index contributed by atoms with van der Waals surface area (Å²) in [6.07, 6.45) is 2.51. The van der Waals surface area contributed by atoms with Crippen molar-refractivity contribution >= 4 is 15.9 Å². The standard InChI is InChI=1S/C26H44N6O6S/c1-8-11-21(4)29(7)28-25(27-26(5,6)9-2)23-20-22(12-13-24(23)37-10-3)39(35,36)31-16-14-30(15-17-31)18-19-38-32(33)34/h12-13,20H,4,8-11,14-19H2,1-3,5-7H3,(H,27,28). The maximum absolute atomic E-state index is 13.7. The first-order valence-electron chi connectivity index (χ1n) is 13.4. The molecule has 1 aliphatic rings. The third-order valence-electron chi connectivity index (χ3n) is 6.65. The molecule has 1 N–H and O–H groups in total. The predicted octanol–water partition coefficient (Wildman–Crippen LogP) is 3.29. The van der Waals surface area contributed by atoms with Gasteiger partial charge in [-0.25, -0.2) is 8.42 Å². The minimum atomic E-state index is -3.81. The number of amidine groups is 1. The molecule has 1 fully saturated rings. The van der Waals surface area contributed by atoms with Crippen molar-refractivity contribution in [3.05, 3.63) is 46.2 Å². The smallest absolute Gasteiger partial charge is 0.294 e. The summed E-state index contributed by atoms with van der Waals surface area (Å²) in [4.78, 5) is 21.8. The minimum Gasteiger partial charge on any atom is -0.493 e. The molecule has 1 aromatic carbocycles. The maximum atomic E-state index is 13.7. The van der Waals surface area contributed by atoms with Gasteiger partial charge in [0.1, 0.15) is 12.4 Å². The van der Waals surface area contributed by atoms with E-state index in [0.717, 1.165) is 25.0 Å². The average molecular weight is 569 g/mol. The molecule has 0 unspecified atom stereocenters. The first-order chi connectivity index (χ1) is 18.3. The van der Waals surface area contributed by atoms with E-state index in [0.29, 0.717) is 43.4 Å². The number of allylic oxidation sites excluding steroid dienone is 1. The van der Waals surface area contributed by atoms with Crippen LogP contribution in [0.3, 0.4) is 0 Å². The van der Waals surface area contributed by atoms with Crippen molar-refractivity contribution in [3.8, 4) is 5.75 Å². The minimum absolute atomic E-state index is 0.0512. The molecule has 0 radical (unpaired) electrons. The van der Waals surface area contributed by atoms with Crippen molar-refractivity contribution in [2.75, 3.05) is 53.0 Å². The Balaban J connectivity index is 2.40. The Morgan fingerprint density at radius 2 is 1.90 bits per heavy atom. The monoisotopic (exact) mass is 568 g/mol. The average Bonchev–Trinajstić information content (AvgIpc) is 2.88. The predicted molar refractivity (Wildman–Crippen MR) is 152 cm³/mol. The lowest BCUT2D eigenvalue weighted by Gasteiger charge is -2.34. The SMILES string of the molecule is C=C(CCC)N(C)NC(=NC(C)(C)CC)c1cc(S(=O)(=O)N2CCN(CCO[N+](=O)[O-])CC2)ccc1OCC. The van der Waals surface area contributed by atoms with E-state index in [-0.39, 0.29) is 24.6 Å². The van der Waals surface area contributed by atoms with Crippen molar-refractivity contribution in [1.29, 1.82) is 0 Å². The normalized spacial score (nSPS) is 15.6. The molecule has 0 aliphatic carbocycles. The summed E-state index contributed by atoms with van der Waals surface area (Å²) in [6, 6.07) is 4.85. The van der Waals surface area contributed by atoms with Crippen LogP contribution < -0.4 is 10.2 Å². The number of benzene rings is 1. The van der Waals surface area contributed by atoms with Gasteiger partial charge in [-0.1, -0.05) is 26.8 Å². The quantitative estimate of drug-likeness (QED) is 0.147. The second-order valence-corrected chi connectivity index (χ2v) is 11.9. The number of hydrazine groups is 1. The van der Waals surface area contributed by atoms with Crippen LogP contribution in [0.25, 0.3) is 0 Å². The van der Waals surface area contributed by atoms with Gasteiger partial charge < -0.3 is 9.57 Å². The second-order valence-electron chi connectivity index (χ2n) is 10.0. The zero-order chi connectivity index (χ0) is 29.2. The van der Waals surface area contributed by atoms with Crippen LogP contribution in [0.1, 0.15) is 59.4 Å². The van der Waals surface area contributed by atoms with Crippen LogP contribution in [0.2, 0.25) is 0 Å². The van der Waals surface area contributed by atoms with Gasteiger partial charge in [0.15, 0.2) is 5.84 Å². The second kappa shape index (κ2) is 14.5. The fourth-order valence-electron chi connectivity index (χ4n) is 3.94. The molecule has 1 aromatic rings. The number of nitrogens with one attached hydrogen (secondary N) is 1. The number of piperazine rings is 1. The molecular weight excluding hydrogens is 524 g/mol. The maximum Gasteiger partial charge on any atom is 0.294 e. The van der Waals surface area contributed by atoms with Crippen molar-refractivity contribution in [3.63, 3.8) is 0 Å². The molecule has 12 nitrogen and oxygen atoms in total. The van der Waals surface area contributed by atoms with Gasteiger partial charge >= 0.3 is 0 Å². The van der Waals surface area contributed by atoms with Gasteiger partial charge in [-0.15, -0.1) is 10.1 Å². The van der Waals surface area contributed by atoms with Gasteiger partial charge in [0.2, 0.25) is 10.0 Å². The summed E-state index contributed by atoms with van der Waals surface area (Å²) in [5, 5.41) is 11.4. The van der Waals surface area contributed by atoms with Gasteiger partial charge in [-0.05, 0) is 51.8 Å². The Labute approximate surface area is 232 Å². The summed E-state index contributed by atoms with van der Waals surface area (Å²) >= 11 is 0. The third-order valence-corrected chi connectivity index (χ3v) is 8.54. The third kappa shape index (κ3) is 9.36. The lowest BCUT2D eigenvalue weighted by atomic mass is 10.0. The highest BCUT2D eigenvalue weighted by Crippen LogP contribution is 2.28. The number of rotatable bonds is 15. The number of ether oxygens (including phenoxy) is 1. The van der Waals surface area contributed by atoms with Gasteiger partial charge in [-0.2, -0.15) is 4.31 Å². The number of hydrogen-bond donors (Lipinski definition) is 1. The number of sulfonamides is 1. The summed E-state index contributed by atoms with van der Waals surface area (Å²) in [5.41, 5.74) is 4.34.